The number of aliphatic carboxylic acids is 1. The van der Waals surface area contributed by atoms with E-state index in [2.05, 4.69) is 26.6 Å². The topological polar surface area (TPSA) is 271 Å². The van der Waals surface area contributed by atoms with Gasteiger partial charge in [0.25, 0.3) is 5.91 Å². The van der Waals surface area contributed by atoms with Gasteiger partial charge in [-0.25, -0.2) is 9.59 Å². The van der Waals surface area contributed by atoms with E-state index in [0.29, 0.717) is 46.4 Å². The van der Waals surface area contributed by atoms with Gasteiger partial charge in [0.15, 0.2) is 0 Å². The van der Waals surface area contributed by atoms with E-state index in [4.69, 9.17) is 113 Å². The van der Waals surface area contributed by atoms with Crippen LogP contribution in [0.15, 0.2) is 72.8 Å². The van der Waals surface area contributed by atoms with Gasteiger partial charge < -0.3 is 46.5 Å². The van der Waals surface area contributed by atoms with Crippen LogP contribution in [0, 0.1) is 0 Å². The molecule has 2 heterocycles. The maximum Gasteiger partial charge on any atom is 0.471 e. The van der Waals surface area contributed by atoms with Gasteiger partial charge in [0.1, 0.15) is 35.5 Å². The Morgan fingerprint density at radius 2 is 0.895 bits per heavy atom. The first-order chi connectivity index (χ1) is 39.3. The van der Waals surface area contributed by atoms with Crippen molar-refractivity contribution in [2.75, 3.05) is 20.4 Å². The summed E-state index contributed by atoms with van der Waals surface area (Å²) in [5.41, 5.74) is 6.11. The molecule has 86 heavy (non-hydrogen) atoms. The van der Waals surface area contributed by atoms with Crippen LogP contribution in [0.3, 0.4) is 0 Å². The number of carboxylic acid groups (broad SMARTS) is 1. The van der Waals surface area contributed by atoms with Gasteiger partial charge in [-0.15, -0.1) is 0 Å². The molecule has 6 rings (SSSR count). The van der Waals surface area contributed by atoms with Crippen molar-refractivity contribution < 1.29 is 66.1 Å². The zero-order chi connectivity index (χ0) is 66.3. The van der Waals surface area contributed by atoms with Crippen LogP contribution < -0.4 is 42.1 Å². The number of hydrogen-bond acceptors (Lipinski definition) is 12. The Morgan fingerprint density at radius 3 is 1.21 bits per heavy atom. The Hall–Kier alpha value is -5.73. The molecule has 0 bridgehead atoms. The number of carboxylic acids is 1. The van der Waals surface area contributed by atoms with Gasteiger partial charge in [0.2, 0.25) is 17.7 Å². The van der Waals surface area contributed by atoms with Crippen molar-refractivity contribution in [3.05, 3.63) is 113 Å². The number of benzene rings is 4. The van der Waals surface area contributed by atoms with Gasteiger partial charge in [0, 0.05) is 62.9 Å². The molecule has 0 aliphatic carbocycles. The van der Waals surface area contributed by atoms with Crippen LogP contribution in [0.25, 0.3) is 0 Å². The molecule has 2 aliphatic rings. The van der Waals surface area contributed by atoms with Crippen LogP contribution in [0.4, 0.5) is 45.5 Å². The zero-order valence-electron chi connectivity index (χ0n) is 48.6. The SMILES string of the molecule is C[C@@H](N)C(=O)Nc1cc(Cl)cc(Cl)c1.C[C@@H](NC(=O)OC(C)(C)C)C(=O)Nc1cc(Cl)cc(Cl)c1.C[C@@H](NC(=O)OC(C)(C)C)C(=O)O.C[C@@H]1C(=O)N(c2cc(Cl)cc(Cl)c2)[C@@H](C)N1C(=O)C(F)(F)F.C[C@H]1N[C@H](C)N(c2cc(Cl)cc(Cl)c2)C1=O. The van der Waals surface area contributed by atoms with Gasteiger partial charge in [0.05, 0.1) is 18.2 Å². The second kappa shape index (κ2) is 33.0. The maximum atomic E-state index is 12.7. The molecule has 20 nitrogen and oxygen atoms in total. The summed E-state index contributed by atoms with van der Waals surface area (Å²) in [5, 5.41) is 24.7. The highest BCUT2D eigenvalue weighted by atomic mass is 35.5. The number of nitrogens with two attached hydrogens (primary N) is 1. The summed E-state index contributed by atoms with van der Waals surface area (Å²) in [6.45, 7) is 21.2. The minimum atomic E-state index is -5.05. The van der Waals surface area contributed by atoms with Gasteiger partial charge in [-0.1, -0.05) is 92.8 Å². The van der Waals surface area contributed by atoms with Gasteiger partial charge >= 0.3 is 30.2 Å². The number of halogens is 11. The molecule has 7 atom stereocenters. The monoisotopic (exact) mass is 1370 g/mol. The van der Waals surface area contributed by atoms with E-state index < -0.39 is 83.6 Å². The molecular formula is C55H66Cl8F3N9O11. The van der Waals surface area contributed by atoms with Crippen LogP contribution >= 0.6 is 92.8 Å². The first kappa shape index (κ1) is 76.4. The number of ether oxygens (including phenoxy) is 2. The molecule has 31 heteroatoms. The second-order valence-corrected chi connectivity index (χ2v) is 24.4. The quantitative estimate of drug-likeness (QED) is 0.0822. The predicted octanol–water partition coefficient (Wildman–Crippen LogP) is 13.2. The summed E-state index contributed by atoms with van der Waals surface area (Å²) in [6.07, 6.45) is -7.58. The standard InChI is InChI=1S/C14H18Cl2N2O3.C13H11Cl2F3N2O2.C11H12Cl2N2O.C9H10Cl2N2O.C8H15NO4/c1-8(17-13(20)21-14(2,3)4)12(19)18-11-6-9(15)5-10(16)7-11;1-6-11(21)20(10-4-8(14)3-9(15)5-10)7(2)19(6)12(22)13(16,17)18;1-6-11(16)15(7(2)14-6)10-4-8(12)3-9(13)5-10;1-5(12)9(14)13-8-3-6(10)2-7(11)4-8;1-5(6(10)11)9-7(12)13-8(2,3)4/h5-8H,1-4H3,(H,17,20)(H,18,19);3-7H,1-2H3;3-7,14H,1-2H3;2-5H,12H2,1H3,(H,13,14);5H,1-4H3,(H,9,12)(H,10,11)/t8-;2*6-,7+;2*5-/m11111/s1. The highest BCUT2D eigenvalue weighted by Crippen LogP contribution is 2.35. The van der Waals surface area contributed by atoms with E-state index in [-0.39, 0.29) is 39.8 Å². The number of nitrogens with zero attached hydrogens (tertiary/aromatic N) is 3. The Balaban J connectivity index is 0.000000372. The molecule has 7 amide bonds. The van der Waals surface area contributed by atoms with Gasteiger partial charge in [-0.05, 0) is 163 Å². The number of amides is 7. The fourth-order valence-electron chi connectivity index (χ4n) is 7.26. The Labute approximate surface area is 536 Å². The number of alkyl carbamates (subject to hydrolysis) is 2. The van der Waals surface area contributed by atoms with Crippen LogP contribution in [-0.2, 0) is 38.2 Å². The lowest BCUT2D eigenvalue weighted by molar-refractivity contribution is -0.188. The summed E-state index contributed by atoms with van der Waals surface area (Å²) in [7, 11) is 0. The molecule has 0 saturated carbocycles. The normalized spacial score (nSPS) is 17.5. The summed E-state index contributed by atoms with van der Waals surface area (Å²) in [5.74, 6) is -4.43. The molecule has 8 N–H and O–H groups in total. The lowest BCUT2D eigenvalue weighted by Crippen LogP contribution is -2.48. The molecular weight excluding hydrogens is 1300 g/mol. The van der Waals surface area contributed by atoms with Crippen molar-refractivity contribution in [2.45, 2.75) is 150 Å². The number of carbonyl (C=O) groups excluding carboxylic acids is 7. The summed E-state index contributed by atoms with van der Waals surface area (Å²) < 4.78 is 47.9. The Bertz CT molecular complexity index is 3020. The van der Waals surface area contributed by atoms with Crippen molar-refractivity contribution >= 4 is 163 Å². The van der Waals surface area contributed by atoms with E-state index in [1.807, 2.05) is 13.8 Å². The Morgan fingerprint density at radius 1 is 0.558 bits per heavy atom. The predicted molar refractivity (Wildman–Crippen MR) is 331 cm³/mol. The smallest absolute Gasteiger partial charge is 0.471 e. The van der Waals surface area contributed by atoms with E-state index in [1.54, 1.807) is 115 Å². The third-order valence-electron chi connectivity index (χ3n) is 10.9. The van der Waals surface area contributed by atoms with Crippen LogP contribution in [-0.4, -0.2) is 118 Å². The minimum absolute atomic E-state index is 0.0332. The number of alkyl halides is 3. The molecule has 0 unspecified atom stereocenters. The van der Waals surface area contributed by atoms with Crippen molar-refractivity contribution in [2.24, 2.45) is 5.73 Å². The summed E-state index contributed by atoms with van der Waals surface area (Å²) in [6, 6.07) is 15.2. The van der Waals surface area contributed by atoms with E-state index >= 15 is 0 Å². The van der Waals surface area contributed by atoms with Crippen LogP contribution in [0.5, 0.6) is 0 Å². The second-order valence-electron chi connectivity index (χ2n) is 20.9. The molecule has 4 aromatic rings. The Kier molecular flexibility index (Phi) is 29.3. The number of rotatable bonds is 9. The average Bonchev–Trinajstić information content (AvgIpc) is 1.72. The van der Waals surface area contributed by atoms with Crippen LogP contribution in [0.2, 0.25) is 40.2 Å². The molecule has 4 aromatic carbocycles. The molecule has 2 fully saturated rings. The highest BCUT2D eigenvalue weighted by Gasteiger charge is 2.53. The van der Waals surface area contributed by atoms with E-state index in [0.717, 1.165) is 10.6 Å². The number of nitrogens with one attached hydrogen (secondary N) is 5. The fraction of sp³-hybridized carbons (Fsp3) is 0.418. The first-order valence-electron chi connectivity index (χ1n) is 25.6. The number of hydrogen-bond donors (Lipinski definition) is 7. The van der Waals surface area contributed by atoms with E-state index in [1.165, 1.54) is 39.0 Å². The number of anilines is 4. The maximum absolute atomic E-state index is 12.7. The largest absolute Gasteiger partial charge is 0.480 e. The third-order valence-corrected chi connectivity index (χ3v) is 12.7. The molecule has 2 saturated heterocycles. The van der Waals surface area contributed by atoms with Crippen molar-refractivity contribution in [3.63, 3.8) is 0 Å². The lowest BCUT2D eigenvalue weighted by atomic mass is 10.2. The third kappa shape index (κ3) is 25.9. The minimum Gasteiger partial charge on any atom is -0.480 e. The molecule has 0 radical (unpaired) electrons. The molecule has 0 aromatic heterocycles. The summed E-state index contributed by atoms with van der Waals surface area (Å²) in [4.78, 5) is 95.0. The average molecular weight is 1370 g/mol. The lowest BCUT2D eigenvalue weighted by Gasteiger charge is -2.28. The zero-order valence-corrected chi connectivity index (χ0v) is 54.6. The highest BCUT2D eigenvalue weighted by molar-refractivity contribution is 6.37. The van der Waals surface area contributed by atoms with Crippen molar-refractivity contribution in [1.82, 2.24) is 20.9 Å². The fourth-order valence-corrected chi connectivity index (χ4v) is 9.34. The molecule has 0 spiro atoms. The molecule has 2 aliphatic heterocycles. The van der Waals surface area contributed by atoms with Crippen molar-refractivity contribution in [3.8, 4) is 0 Å². The summed E-state index contributed by atoms with van der Waals surface area (Å²) >= 11 is 46.7. The van der Waals surface area contributed by atoms with Gasteiger partial charge in [-0.2, -0.15) is 13.2 Å². The molecule has 474 valence electrons. The number of carbonyl (C=O) groups is 8. The van der Waals surface area contributed by atoms with Crippen molar-refractivity contribution in [1.29, 1.82) is 0 Å². The van der Waals surface area contributed by atoms with Gasteiger partial charge in [-0.3, -0.25) is 43.9 Å². The first-order valence-corrected chi connectivity index (χ1v) is 28.6. The van der Waals surface area contributed by atoms with E-state index in [9.17, 15) is 51.5 Å². The van der Waals surface area contributed by atoms with Crippen LogP contribution in [0.1, 0.15) is 90.0 Å².